The van der Waals surface area contributed by atoms with Crippen LogP contribution in [0.2, 0.25) is 5.02 Å². The van der Waals surface area contributed by atoms with Crippen molar-refractivity contribution in [2.24, 2.45) is 5.73 Å². The normalized spacial score (nSPS) is 11.5. The number of aliphatic carboxylic acids is 1. The van der Waals surface area contributed by atoms with Crippen LogP contribution in [0.4, 0.5) is 5.69 Å². The lowest BCUT2D eigenvalue weighted by atomic mass is 10.1. The van der Waals surface area contributed by atoms with E-state index < -0.39 is 35.2 Å². The van der Waals surface area contributed by atoms with Gasteiger partial charge in [-0.2, -0.15) is 0 Å². The van der Waals surface area contributed by atoms with Crippen LogP contribution in [0.25, 0.3) is 0 Å². The first-order chi connectivity index (χ1) is 9.72. The van der Waals surface area contributed by atoms with Gasteiger partial charge in [-0.1, -0.05) is 11.6 Å². The predicted molar refractivity (Wildman–Crippen MR) is 70.8 cm³/mol. The molecule has 1 atom stereocenters. The van der Waals surface area contributed by atoms with Crippen LogP contribution in [-0.2, 0) is 9.59 Å². The number of carbonyl (C=O) groups excluding carboxylic acids is 2. The molecule has 2 amide bonds. The minimum atomic E-state index is -1.50. The molecule has 0 saturated carbocycles. The van der Waals surface area contributed by atoms with Gasteiger partial charge in [0.05, 0.1) is 11.3 Å². The molecule has 10 heteroatoms. The molecule has 1 aromatic rings. The first-order valence-corrected chi connectivity index (χ1v) is 5.86. The zero-order chi connectivity index (χ0) is 16.2. The molecule has 0 bridgehead atoms. The lowest BCUT2D eigenvalue weighted by molar-refractivity contribution is -0.384. The number of carbonyl (C=O) groups is 3. The summed E-state index contributed by atoms with van der Waals surface area (Å²) in [7, 11) is 0. The fraction of sp³-hybridized carbons (Fsp3) is 0.182. The molecule has 0 fully saturated rings. The number of nitrogens with zero attached hydrogens (tertiary/aromatic N) is 1. The Hall–Kier alpha value is -2.68. The lowest BCUT2D eigenvalue weighted by Crippen LogP contribution is -2.43. The SMILES string of the molecule is NC(=O)CC(NC(=O)c1ccc([N+](=O)[O-])c(Cl)c1)C(=O)O. The van der Waals surface area contributed by atoms with Gasteiger partial charge in [-0.15, -0.1) is 0 Å². The average Bonchev–Trinajstić information content (AvgIpc) is 2.36. The summed E-state index contributed by atoms with van der Waals surface area (Å²) in [6.45, 7) is 0. The van der Waals surface area contributed by atoms with Crippen molar-refractivity contribution < 1.29 is 24.4 Å². The lowest BCUT2D eigenvalue weighted by Gasteiger charge is -2.12. The maximum Gasteiger partial charge on any atom is 0.326 e. The van der Waals surface area contributed by atoms with E-state index in [9.17, 15) is 24.5 Å². The Morgan fingerprint density at radius 2 is 2.05 bits per heavy atom. The number of amides is 2. The van der Waals surface area contributed by atoms with Gasteiger partial charge in [0.25, 0.3) is 11.6 Å². The van der Waals surface area contributed by atoms with Gasteiger partial charge < -0.3 is 16.2 Å². The third-order valence-corrected chi connectivity index (χ3v) is 2.72. The quantitative estimate of drug-likeness (QED) is 0.507. The summed E-state index contributed by atoms with van der Waals surface area (Å²) in [6, 6.07) is 1.66. The zero-order valence-electron chi connectivity index (χ0n) is 10.4. The van der Waals surface area contributed by atoms with E-state index in [1.165, 1.54) is 0 Å². The molecule has 1 rings (SSSR count). The third-order valence-electron chi connectivity index (χ3n) is 2.42. The van der Waals surface area contributed by atoms with Crippen LogP contribution in [0.5, 0.6) is 0 Å². The van der Waals surface area contributed by atoms with Crippen LogP contribution in [0.15, 0.2) is 18.2 Å². The Balaban J connectivity index is 2.93. The van der Waals surface area contributed by atoms with Gasteiger partial charge in [0.1, 0.15) is 11.1 Å². The second-order valence-electron chi connectivity index (χ2n) is 3.96. The molecule has 0 spiro atoms. The molecule has 0 aromatic heterocycles. The maximum absolute atomic E-state index is 11.8. The van der Waals surface area contributed by atoms with Crippen molar-refractivity contribution in [2.75, 3.05) is 0 Å². The number of carboxylic acid groups (broad SMARTS) is 1. The number of nitrogens with two attached hydrogens (primary N) is 1. The topological polar surface area (TPSA) is 153 Å². The van der Waals surface area contributed by atoms with Crippen molar-refractivity contribution in [3.8, 4) is 0 Å². The van der Waals surface area contributed by atoms with Crippen molar-refractivity contribution in [3.63, 3.8) is 0 Å². The highest BCUT2D eigenvalue weighted by Gasteiger charge is 2.23. The van der Waals surface area contributed by atoms with Crippen LogP contribution in [0.3, 0.4) is 0 Å². The maximum atomic E-state index is 11.8. The summed E-state index contributed by atoms with van der Waals surface area (Å²) in [6.07, 6.45) is -0.582. The van der Waals surface area contributed by atoms with Gasteiger partial charge in [-0.25, -0.2) is 4.79 Å². The van der Waals surface area contributed by atoms with E-state index in [2.05, 4.69) is 5.32 Å². The van der Waals surface area contributed by atoms with Crippen LogP contribution >= 0.6 is 11.6 Å². The number of benzene rings is 1. The Kier molecular flexibility index (Phi) is 5.19. The Morgan fingerprint density at radius 3 is 2.48 bits per heavy atom. The Morgan fingerprint density at radius 1 is 1.43 bits per heavy atom. The summed E-state index contributed by atoms with van der Waals surface area (Å²) < 4.78 is 0. The number of nitro benzene ring substituents is 1. The van der Waals surface area contributed by atoms with Crippen molar-refractivity contribution in [1.29, 1.82) is 0 Å². The zero-order valence-corrected chi connectivity index (χ0v) is 11.2. The fourth-order valence-electron chi connectivity index (χ4n) is 1.44. The van der Waals surface area contributed by atoms with Gasteiger partial charge in [0.15, 0.2) is 0 Å². The van der Waals surface area contributed by atoms with E-state index in [1.54, 1.807) is 0 Å². The first-order valence-electron chi connectivity index (χ1n) is 5.48. The number of nitro groups is 1. The van der Waals surface area contributed by atoms with Crippen molar-refractivity contribution >= 4 is 35.1 Å². The molecular formula is C11H10ClN3O6. The molecule has 0 saturated heterocycles. The number of halogens is 1. The van der Waals surface area contributed by atoms with Crippen LogP contribution in [-0.4, -0.2) is 33.9 Å². The molecular weight excluding hydrogens is 306 g/mol. The summed E-state index contributed by atoms with van der Waals surface area (Å²) >= 11 is 5.64. The van der Waals surface area contributed by atoms with Crippen LogP contribution in [0.1, 0.15) is 16.8 Å². The highest BCUT2D eigenvalue weighted by molar-refractivity contribution is 6.33. The highest BCUT2D eigenvalue weighted by Crippen LogP contribution is 2.24. The molecule has 4 N–H and O–H groups in total. The predicted octanol–water partition coefficient (Wildman–Crippen LogP) is 0.307. The van der Waals surface area contributed by atoms with E-state index in [0.29, 0.717) is 0 Å². The van der Waals surface area contributed by atoms with Gasteiger partial charge in [-0.05, 0) is 12.1 Å². The number of primary amides is 1. The molecule has 21 heavy (non-hydrogen) atoms. The average molecular weight is 316 g/mol. The molecule has 9 nitrogen and oxygen atoms in total. The monoisotopic (exact) mass is 315 g/mol. The third kappa shape index (κ3) is 4.42. The summed E-state index contributed by atoms with van der Waals surface area (Å²) in [4.78, 5) is 43.3. The standard InChI is InChI=1S/C11H10ClN3O6/c12-6-3-5(1-2-8(6)15(20)21)10(17)14-7(11(18)19)4-9(13)16/h1-3,7H,4H2,(H2,13,16)(H,14,17)(H,18,19). The number of nitrogens with one attached hydrogen (secondary N) is 1. The smallest absolute Gasteiger partial charge is 0.326 e. The molecule has 0 heterocycles. The first kappa shape index (κ1) is 16.4. The molecule has 0 aliphatic heterocycles. The van der Waals surface area contributed by atoms with E-state index in [1.807, 2.05) is 0 Å². The van der Waals surface area contributed by atoms with E-state index >= 15 is 0 Å². The molecule has 0 radical (unpaired) electrons. The number of rotatable bonds is 6. The number of hydrogen-bond donors (Lipinski definition) is 3. The van der Waals surface area contributed by atoms with Gasteiger partial charge in [0.2, 0.25) is 5.91 Å². The van der Waals surface area contributed by atoms with Crippen LogP contribution in [0, 0.1) is 10.1 Å². The van der Waals surface area contributed by atoms with Crippen molar-refractivity contribution in [1.82, 2.24) is 5.32 Å². The van der Waals surface area contributed by atoms with E-state index in [-0.39, 0.29) is 16.3 Å². The largest absolute Gasteiger partial charge is 0.480 e. The molecule has 0 aliphatic carbocycles. The van der Waals surface area contributed by atoms with Gasteiger partial charge in [-0.3, -0.25) is 19.7 Å². The Bertz CT molecular complexity index is 618. The van der Waals surface area contributed by atoms with Crippen molar-refractivity contribution in [2.45, 2.75) is 12.5 Å². The minimum Gasteiger partial charge on any atom is -0.480 e. The van der Waals surface area contributed by atoms with Gasteiger partial charge in [0, 0.05) is 11.6 Å². The second-order valence-corrected chi connectivity index (χ2v) is 4.37. The summed E-state index contributed by atoms with van der Waals surface area (Å²) in [5, 5.41) is 21.2. The molecule has 1 aromatic carbocycles. The van der Waals surface area contributed by atoms with Gasteiger partial charge >= 0.3 is 5.97 Å². The minimum absolute atomic E-state index is 0.0821. The van der Waals surface area contributed by atoms with Crippen LogP contribution < -0.4 is 11.1 Å². The highest BCUT2D eigenvalue weighted by atomic mass is 35.5. The second kappa shape index (κ2) is 6.66. The van der Waals surface area contributed by atoms with Crippen molar-refractivity contribution in [3.05, 3.63) is 38.9 Å². The Labute approximate surface area is 122 Å². The molecule has 1 unspecified atom stereocenters. The van der Waals surface area contributed by atoms with E-state index in [0.717, 1.165) is 18.2 Å². The fourth-order valence-corrected chi connectivity index (χ4v) is 1.69. The molecule has 112 valence electrons. The summed E-state index contributed by atoms with van der Waals surface area (Å²) in [5.74, 6) is -3.18. The summed E-state index contributed by atoms with van der Waals surface area (Å²) in [5.41, 5.74) is 4.40. The number of carboxylic acids is 1. The van der Waals surface area contributed by atoms with E-state index in [4.69, 9.17) is 22.4 Å². The number of hydrogen-bond acceptors (Lipinski definition) is 5. The molecule has 0 aliphatic rings.